The number of thioether (sulfide) groups is 1. The number of fused-ring (bicyclic) bond motifs is 1. The van der Waals surface area contributed by atoms with Crippen LogP contribution in [-0.4, -0.2) is 52.4 Å². The number of benzene rings is 1. The molecular weight excluding hydrogens is 362 g/mol. The molecule has 9 heteroatoms. The number of ether oxygens (including phenoxy) is 1. The van der Waals surface area contributed by atoms with Crippen LogP contribution in [0.15, 0.2) is 12.1 Å². The van der Waals surface area contributed by atoms with E-state index in [-0.39, 0.29) is 11.8 Å². The van der Waals surface area contributed by atoms with Crippen molar-refractivity contribution >= 4 is 55.6 Å². The van der Waals surface area contributed by atoms with E-state index in [1.165, 1.54) is 28.0 Å². The van der Waals surface area contributed by atoms with E-state index in [2.05, 4.69) is 10.3 Å². The van der Waals surface area contributed by atoms with Gasteiger partial charge in [-0.2, -0.15) is 0 Å². The highest BCUT2D eigenvalue weighted by Gasteiger charge is 2.24. The number of carbonyl (C=O) groups excluding carboxylic acids is 3. The number of hydrogen-bond donors (Lipinski definition) is 1. The number of nitrogens with one attached hydrogen (secondary N) is 1. The second kappa shape index (κ2) is 7.40. The summed E-state index contributed by atoms with van der Waals surface area (Å²) in [5.41, 5.74) is 3.04. The Kier molecular flexibility index (Phi) is 5.24. The van der Waals surface area contributed by atoms with Crippen molar-refractivity contribution in [3.63, 3.8) is 0 Å². The van der Waals surface area contributed by atoms with Crippen molar-refractivity contribution in [2.24, 2.45) is 0 Å². The molecule has 1 saturated heterocycles. The zero-order valence-electron chi connectivity index (χ0n) is 13.8. The molecule has 0 aliphatic carbocycles. The van der Waals surface area contributed by atoms with Gasteiger partial charge in [0.2, 0.25) is 0 Å². The molecule has 1 aliphatic rings. The van der Waals surface area contributed by atoms with Crippen LogP contribution in [0, 0.1) is 13.8 Å². The van der Waals surface area contributed by atoms with Gasteiger partial charge in [0, 0.05) is 12.3 Å². The molecule has 0 radical (unpaired) electrons. The predicted molar refractivity (Wildman–Crippen MR) is 98.1 cm³/mol. The summed E-state index contributed by atoms with van der Waals surface area (Å²) in [7, 11) is 0. The highest BCUT2D eigenvalue weighted by atomic mass is 32.2. The molecule has 1 aromatic carbocycles. The molecule has 7 nitrogen and oxygen atoms in total. The highest BCUT2D eigenvalue weighted by molar-refractivity contribution is 8.13. The number of hydrogen-bond acceptors (Lipinski definition) is 7. The van der Waals surface area contributed by atoms with Gasteiger partial charge in [-0.25, -0.2) is 4.98 Å². The minimum atomic E-state index is -0.596. The van der Waals surface area contributed by atoms with E-state index >= 15 is 0 Å². The Morgan fingerprint density at radius 3 is 2.88 bits per heavy atom. The molecule has 1 aromatic heterocycles. The standard InChI is InChI=1S/C16H17N3O4S2/c1-9-5-10(2)14-11(6-9)25-15(18-14)17-12(20)8-23-13(21)7-19-3-4-24-16(19)22/h5-6H,3-4,7-8H2,1-2H3,(H,17,18,20). The third-order valence-electron chi connectivity index (χ3n) is 3.61. The summed E-state index contributed by atoms with van der Waals surface area (Å²) in [4.78, 5) is 40.9. The average Bonchev–Trinajstić information content (AvgIpc) is 3.12. The van der Waals surface area contributed by atoms with Gasteiger partial charge in [0.05, 0.1) is 10.2 Å². The molecule has 0 bridgehead atoms. The maximum Gasteiger partial charge on any atom is 0.326 e. The van der Waals surface area contributed by atoms with Gasteiger partial charge in [-0.15, -0.1) is 0 Å². The van der Waals surface area contributed by atoms with E-state index in [1.54, 1.807) is 0 Å². The number of esters is 1. The summed E-state index contributed by atoms with van der Waals surface area (Å²) in [6.45, 7) is 3.98. The van der Waals surface area contributed by atoms with E-state index in [1.807, 2.05) is 26.0 Å². The van der Waals surface area contributed by atoms with Crippen LogP contribution in [0.1, 0.15) is 11.1 Å². The minimum absolute atomic E-state index is 0.126. The fourth-order valence-corrected chi connectivity index (χ4v) is 4.38. The summed E-state index contributed by atoms with van der Waals surface area (Å²) in [5.74, 6) is -0.381. The molecule has 25 heavy (non-hydrogen) atoms. The maximum absolute atomic E-state index is 11.9. The molecule has 0 unspecified atom stereocenters. The lowest BCUT2D eigenvalue weighted by Gasteiger charge is -2.13. The second-order valence-corrected chi connectivity index (χ2v) is 7.77. The first-order valence-corrected chi connectivity index (χ1v) is 9.47. The van der Waals surface area contributed by atoms with Crippen molar-refractivity contribution < 1.29 is 19.1 Å². The molecule has 1 aliphatic heterocycles. The van der Waals surface area contributed by atoms with Crippen LogP contribution in [0.5, 0.6) is 0 Å². The predicted octanol–water partition coefficient (Wildman–Crippen LogP) is 2.56. The van der Waals surface area contributed by atoms with Crippen molar-refractivity contribution in [3.8, 4) is 0 Å². The summed E-state index contributed by atoms with van der Waals surface area (Å²) in [6.07, 6.45) is 0. The Balaban J connectivity index is 1.53. The molecule has 2 aromatic rings. The lowest BCUT2D eigenvalue weighted by Crippen LogP contribution is -2.32. The number of rotatable bonds is 5. The van der Waals surface area contributed by atoms with Crippen LogP contribution in [0.2, 0.25) is 0 Å². The topological polar surface area (TPSA) is 88.6 Å². The zero-order valence-corrected chi connectivity index (χ0v) is 15.5. The van der Waals surface area contributed by atoms with Crippen molar-refractivity contribution in [3.05, 3.63) is 23.3 Å². The molecule has 1 N–H and O–H groups in total. The number of aryl methyl sites for hydroxylation is 2. The highest BCUT2D eigenvalue weighted by Crippen LogP contribution is 2.29. The summed E-state index contributed by atoms with van der Waals surface area (Å²) < 4.78 is 5.92. The number of carbonyl (C=O) groups is 3. The molecular formula is C16H17N3O4S2. The van der Waals surface area contributed by atoms with Gasteiger partial charge in [0.25, 0.3) is 11.1 Å². The normalized spacial score (nSPS) is 14.2. The zero-order chi connectivity index (χ0) is 18.0. The van der Waals surface area contributed by atoms with Gasteiger partial charge < -0.3 is 9.64 Å². The first kappa shape index (κ1) is 17.7. The quantitative estimate of drug-likeness (QED) is 0.803. The lowest BCUT2D eigenvalue weighted by molar-refractivity contribution is -0.147. The van der Waals surface area contributed by atoms with Crippen molar-refractivity contribution in [2.75, 3.05) is 30.8 Å². The van der Waals surface area contributed by atoms with Crippen LogP contribution >= 0.6 is 23.1 Å². The molecule has 2 amide bonds. The SMILES string of the molecule is Cc1cc(C)c2nc(NC(=O)COC(=O)CN3CCSC3=O)sc2c1. The maximum atomic E-state index is 11.9. The van der Waals surface area contributed by atoms with Crippen LogP contribution in [-0.2, 0) is 14.3 Å². The third-order valence-corrected chi connectivity index (χ3v) is 5.42. The van der Waals surface area contributed by atoms with E-state index in [0.29, 0.717) is 17.4 Å². The largest absolute Gasteiger partial charge is 0.454 e. The van der Waals surface area contributed by atoms with Gasteiger partial charge in [0.15, 0.2) is 11.7 Å². The molecule has 1 fully saturated rings. The van der Waals surface area contributed by atoms with Gasteiger partial charge >= 0.3 is 5.97 Å². The van der Waals surface area contributed by atoms with Gasteiger partial charge in [-0.3, -0.25) is 19.7 Å². The third kappa shape index (κ3) is 4.29. The van der Waals surface area contributed by atoms with Crippen molar-refractivity contribution in [1.82, 2.24) is 9.88 Å². The Bertz CT molecular complexity index is 849. The number of aromatic nitrogens is 1. The number of amides is 2. The summed E-state index contributed by atoms with van der Waals surface area (Å²) in [6, 6.07) is 4.05. The number of thiazole rings is 1. The molecule has 3 rings (SSSR count). The van der Waals surface area contributed by atoms with Gasteiger partial charge in [-0.1, -0.05) is 29.2 Å². The summed E-state index contributed by atoms with van der Waals surface area (Å²) >= 11 is 2.55. The molecule has 0 saturated carbocycles. The number of nitrogens with zero attached hydrogens (tertiary/aromatic N) is 2. The first-order chi connectivity index (χ1) is 11.9. The smallest absolute Gasteiger partial charge is 0.326 e. The van der Waals surface area contributed by atoms with E-state index in [9.17, 15) is 14.4 Å². The Morgan fingerprint density at radius 1 is 1.36 bits per heavy atom. The van der Waals surface area contributed by atoms with Crippen LogP contribution in [0.25, 0.3) is 10.2 Å². The Hall–Kier alpha value is -2.13. The molecule has 132 valence electrons. The molecule has 0 spiro atoms. The van der Waals surface area contributed by atoms with Crippen molar-refractivity contribution in [1.29, 1.82) is 0 Å². The van der Waals surface area contributed by atoms with Crippen molar-refractivity contribution in [2.45, 2.75) is 13.8 Å². The fraction of sp³-hybridized carbons (Fsp3) is 0.375. The van der Waals surface area contributed by atoms with Crippen LogP contribution in [0.4, 0.5) is 9.93 Å². The van der Waals surface area contributed by atoms with E-state index in [4.69, 9.17) is 4.74 Å². The van der Waals surface area contributed by atoms with Gasteiger partial charge in [-0.05, 0) is 31.0 Å². The average molecular weight is 379 g/mol. The second-order valence-electron chi connectivity index (χ2n) is 5.69. The monoisotopic (exact) mass is 379 g/mol. The lowest BCUT2D eigenvalue weighted by atomic mass is 10.1. The van der Waals surface area contributed by atoms with E-state index in [0.717, 1.165) is 21.3 Å². The summed E-state index contributed by atoms with van der Waals surface area (Å²) in [5, 5.41) is 2.97. The number of anilines is 1. The van der Waals surface area contributed by atoms with Gasteiger partial charge in [0.1, 0.15) is 6.54 Å². The van der Waals surface area contributed by atoms with E-state index < -0.39 is 18.5 Å². The van der Waals surface area contributed by atoms with Crippen LogP contribution < -0.4 is 5.32 Å². The Labute approximate surface area is 152 Å². The fourth-order valence-electron chi connectivity index (χ4n) is 2.50. The van der Waals surface area contributed by atoms with Crippen LogP contribution in [0.3, 0.4) is 0 Å². The minimum Gasteiger partial charge on any atom is -0.454 e. The first-order valence-electron chi connectivity index (χ1n) is 7.67. The molecule has 0 atom stereocenters. The Morgan fingerprint density at radius 2 is 2.16 bits per heavy atom. The molecule has 2 heterocycles.